The molecule has 1 aromatic rings. The van der Waals surface area contributed by atoms with Gasteiger partial charge in [-0.25, -0.2) is 0 Å². The molecule has 0 nitrogen and oxygen atoms in total. The highest BCUT2D eigenvalue weighted by Crippen LogP contribution is 2.24. The molecule has 0 aliphatic carbocycles. The molecule has 2 heteroatoms. The van der Waals surface area contributed by atoms with Gasteiger partial charge in [0.1, 0.15) is 0 Å². The summed E-state index contributed by atoms with van der Waals surface area (Å²) in [4.78, 5) is 0.740. The van der Waals surface area contributed by atoms with Crippen LogP contribution in [0.25, 0.3) is 0 Å². The Kier molecular flexibility index (Phi) is 2.94. The second kappa shape index (κ2) is 3.77. The zero-order chi connectivity index (χ0) is 8.27. The minimum absolute atomic E-state index is 0.325. The fourth-order valence-electron chi connectivity index (χ4n) is 0.948. The van der Waals surface area contributed by atoms with Crippen LogP contribution in [-0.2, 0) is 6.42 Å². The van der Waals surface area contributed by atoms with Gasteiger partial charge in [-0.1, -0.05) is 19.1 Å². The topological polar surface area (TPSA) is 0 Å². The zero-order valence-corrected chi connectivity index (χ0v) is 7.54. The molecule has 0 aliphatic heterocycles. The van der Waals surface area contributed by atoms with Crippen molar-refractivity contribution in [2.75, 3.05) is 0 Å². The van der Waals surface area contributed by atoms with E-state index in [1.54, 1.807) is 0 Å². The van der Waals surface area contributed by atoms with Crippen molar-refractivity contribution in [2.45, 2.75) is 25.2 Å². The Hall–Kier alpha value is -0.500. The maximum atomic E-state index is 12.2. The van der Waals surface area contributed by atoms with Crippen LogP contribution < -0.4 is 0 Å². The zero-order valence-electron chi connectivity index (χ0n) is 6.73. The van der Waals surface area contributed by atoms with Gasteiger partial charge in [0.15, 0.2) is 0 Å². The molecule has 0 aliphatic rings. The van der Waals surface area contributed by atoms with E-state index in [1.807, 2.05) is 25.1 Å². The van der Waals surface area contributed by atoms with Crippen LogP contribution in [0.1, 0.15) is 18.1 Å². The van der Waals surface area contributed by atoms with Crippen LogP contribution in [-0.4, -0.2) is 0 Å². The van der Waals surface area contributed by atoms with Gasteiger partial charge in [-0.15, -0.1) is 0 Å². The van der Waals surface area contributed by atoms with E-state index >= 15 is 0 Å². The SMILES string of the molecule is CCc1ccc(C)c(SF)c1. The predicted molar refractivity (Wildman–Crippen MR) is 47.5 cm³/mol. The van der Waals surface area contributed by atoms with Gasteiger partial charge >= 0.3 is 0 Å². The Labute approximate surface area is 71.1 Å². The predicted octanol–water partition coefficient (Wildman–Crippen LogP) is 3.53. The molecular weight excluding hydrogens is 159 g/mol. The highest BCUT2D eigenvalue weighted by atomic mass is 32.2. The van der Waals surface area contributed by atoms with E-state index in [0.29, 0.717) is 12.1 Å². The maximum absolute atomic E-state index is 12.2. The fraction of sp³-hybridized carbons (Fsp3) is 0.333. The van der Waals surface area contributed by atoms with E-state index in [-0.39, 0.29) is 0 Å². The van der Waals surface area contributed by atoms with E-state index < -0.39 is 0 Å². The molecule has 0 saturated carbocycles. The number of aryl methyl sites for hydroxylation is 2. The Morgan fingerprint density at radius 1 is 1.45 bits per heavy atom. The first-order valence-electron chi connectivity index (χ1n) is 3.66. The molecule has 0 atom stereocenters. The van der Waals surface area contributed by atoms with E-state index in [2.05, 4.69) is 6.92 Å². The summed E-state index contributed by atoms with van der Waals surface area (Å²) in [7, 11) is 0. The van der Waals surface area contributed by atoms with Crippen molar-refractivity contribution in [3.05, 3.63) is 29.3 Å². The molecule has 1 aromatic carbocycles. The van der Waals surface area contributed by atoms with Crippen molar-refractivity contribution >= 4 is 12.1 Å². The van der Waals surface area contributed by atoms with E-state index in [4.69, 9.17) is 0 Å². The second-order valence-electron chi connectivity index (χ2n) is 2.53. The first-order valence-corrected chi connectivity index (χ1v) is 4.37. The summed E-state index contributed by atoms with van der Waals surface area (Å²) in [5, 5.41) is 0. The number of hydrogen-bond acceptors (Lipinski definition) is 1. The monoisotopic (exact) mass is 170 g/mol. The molecular formula is C9H11FS. The van der Waals surface area contributed by atoms with Gasteiger partial charge in [-0.3, -0.25) is 0 Å². The molecule has 0 spiro atoms. The third-order valence-electron chi connectivity index (χ3n) is 1.74. The summed E-state index contributed by atoms with van der Waals surface area (Å²) in [6.07, 6.45) is 0.966. The van der Waals surface area contributed by atoms with Gasteiger partial charge in [-0.2, -0.15) is 3.89 Å². The van der Waals surface area contributed by atoms with Crippen LogP contribution in [0.2, 0.25) is 0 Å². The third-order valence-corrected chi connectivity index (χ3v) is 2.35. The maximum Gasteiger partial charge on any atom is 0.0815 e. The van der Waals surface area contributed by atoms with Crippen molar-refractivity contribution in [1.82, 2.24) is 0 Å². The summed E-state index contributed by atoms with van der Waals surface area (Å²) >= 11 is 0.325. The molecule has 11 heavy (non-hydrogen) atoms. The van der Waals surface area contributed by atoms with Gasteiger partial charge in [0.25, 0.3) is 0 Å². The largest absolute Gasteiger partial charge is 0.160 e. The Morgan fingerprint density at radius 2 is 2.18 bits per heavy atom. The summed E-state index contributed by atoms with van der Waals surface area (Å²) in [6, 6.07) is 5.90. The van der Waals surface area contributed by atoms with Crippen molar-refractivity contribution < 1.29 is 3.89 Å². The standard InChI is InChI=1S/C9H11FS/c1-3-8-5-4-7(2)9(6-8)11-10/h4-6H,3H2,1-2H3. The Morgan fingerprint density at radius 3 is 2.73 bits per heavy atom. The smallest absolute Gasteiger partial charge is 0.0815 e. The lowest BCUT2D eigenvalue weighted by Crippen LogP contribution is -1.82. The molecule has 1 rings (SSSR count). The first kappa shape index (κ1) is 8.60. The van der Waals surface area contributed by atoms with Crippen LogP contribution in [0, 0.1) is 6.92 Å². The Bertz CT molecular complexity index is 245. The molecule has 0 fully saturated rings. The minimum Gasteiger partial charge on any atom is -0.160 e. The van der Waals surface area contributed by atoms with Crippen LogP contribution >= 0.6 is 12.1 Å². The van der Waals surface area contributed by atoms with E-state index in [1.165, 1.54) is 5.56 Å². The van der Waals surface area contributed by atoms with Gasteiger partial charge in [0, 0.05) is 4.90 Å². The first-order chi connectivity index (χ1) is 5.27. The quantitative estimate of drug-likeness (QED) is 0.654. The molecule has 60 valence electrons. The average molecular weight is 170 g/mol. The molecule has 0 N–H and O–H groups in total. The molecule has 0 amide bonds. The molecule has 0 saturated heterocycles. The van der Waals surface area contributed by atoms with Gasteiger partial charge in [0.2, 0.25) is 0 Å². The van der Waals surface area contributed by atoms with Crippen molar-refractivity contribution in [1.29, 1.82) is 0 Å². The lowest BCUT2D eigenvalue weighted by Gasteiger charge is -2.01. The fourth-order valence-corrected chi connectivity index (χ4v) is 1.33. The normalized spacial score (nSPS) is 10.1. The molecule has 0 radical (unpaired) electrons. The molecule has 0 unspecified atom stereocenters. The lowest BCUT2D eigenvalue weighted by atomic mass is 10.1. The Balaban J connectivity index is 3.02. The van der Waals surface area contributed by atoms with Crippen molar-refractivity contribution in [2.24, 2.45) is 0 Å². The number of hydrogen-bond donors (Lipinski definition) is 0. The van der Waals surface area contributed by atoms with E-state index in [0.717, 1.165) is 16.9 Å². The summed E-state index contributed by atoms with van der Waals surface area (Å²) in [5.74, 6) is 0. The summed E-state index contributed by atoms with van der Waals surface area (Å²) in [6.45, 7) is 3.98. The lowest BCUT2D eigenvalue weighted by molar-refractivity contribution is 0.930. The van der Waals surface area contributed by atoms with Gasteiger partial charge in [0.05, 0.1) is 12.1 Å². The average Bonchev–Trinajstić information content (AvgIpc) is 2.05. The number of halogens is 1. The third kappa shape index (κ3) is 1.96. The number of rotatable bonds is 2. The van der Waals surface area contributed by atoms with Crippen LogP contribution in [0.5, 0.6) is 0 Å². The van der Waals surface area contributed by atoms with E-state index in [9.17, 15) is 3.89 Å². The number of benzene rings is 1. The van der Waals surface area contributed by atoms with Crippen LogP contribution in [0.15, 0.2) is 23.1 Å². The summed E-state index contributed by atoms with van der Waals surface area (Å²) in [5.41, 5.74) is 2.20. The molecule has 0 bridgehead atoms. The van der Waals surface area contributed by atoms with Gasteiger partial charge < -0.3 is 0 Å². The molecule has 0 heterocycles. The summed E-state index contributed by atoms with van der Waals surface area (Å²) < 4.78 is 12.2. The highest BCUT2D eigenvalue weighted by molar-refractivity contribution is 7.94. The molecule has 0 aromatic heterocycles. The van der Waals surface area contributed by atoms with Crippen LogP contribution in [0.3, 0.4) is 0 Å². The van der Waals surface area contributed by atoms with Crippen molar-refractivity contribution in [3.63, 3.8) is 0 Å². The minimum atomic E-state index is 0.325. The van der Waals surface area contributed by atoms with Gasteiger partial charge in [-0.05, 0) is 30.5 Å². The highest BCUT2D eigenvalue weighted by Gasteiger charge is 1.98. The van der Waals surface area contributed by atoms with Crippen LogP contribution in [0.4, 0.5) is 3.89 Å². The second-order valence-corrected chi connectivity index (χ2v) is 3.12. The van der Waals surface area contributed by atoms with Crippen molar-refractivity contribution in [3.8, 4) is 0 Å².